The summed E-state index contributed by atoms with van der Waals surface area (Å²) in [6.07, 6.45) is 3.82. The number of hydrogen-bond acceptors (Lipinski definition) is 5. The minimum Gasteiger partial charge on any atom is -0.383 e. The largest absolute Gasteiger partial charge is 0.383 e. The van der Waals surface area contributed by atoms with Crippen LogP contribution in [0.5, 0.6) is 0 Å². The summed E-state index contributed by atoms with van der Waals surface area (Å²) in [5.74, 6) is 2.68. The van der Waals surface area contributed by atoms with Crippen molar-refractivity contribution in [2.24, 2.45) is 0 Å². The normalized spacial score (nSPS) is 17.1. The molecule has 2 rings (SSSR count). The molecule has 0 atom stereocenters. The summed E-state index contributed by atoms with van der Waals surface area (Å²) >= 11 is 0. The minimum atomic E-state index is 0.277. The topological polar surface area (TPSA) is 58.3 Å². The molecule has 1 aliphatic carbocycles. The Labute approximate surface area is 128 Å². The summed E-state index contributed by atoms with van der Waals surface area (Å²) in [7, 11) is 6.46. The molecule has 118 valence electrons. The molecule has 0 aliphatic heterocycles. The highest BCUT2D eigenvalue weighted by atomic mass is 15.3. The maximum absolute atomic E-state index is 6.08. The van der Waals surface area contributed by atoms with Crippen molar-refractivity contribution < 1.29 is 0 Å². The molecular weight excluding hydrogens is 262 g/mol. The lowest BCUT2D eigenvalue weighted by atomic mass is 9.75. The third kappa shape index (κ3) is 2.98. The van der Waals surface area contributed by atoms with Gasteiger partial charge < -0.3 is 15.5 Å². The molecule has 1 aromatic heterocycles. The third-order valence-electron chi connectivity index (χ3n) is 4.82. The zero-order chi connectivity index (χ0) is 15.8. The molecule has 0 unspecified atom stereocenters. The average Bonchev–Trinajstić information content (AvgIpc) is 2.35. The summed E-state index contributed by atoms with van der Waals surface area (Å²) in [5, 5.41) is 0. The molecule has 5 nitrogen and oxygen atoms in total. The van der Waals surface area contributed by atoms with Gasteiger partial charge in [-0.25, -0.2) is 9.97 Å². The van der Waals surface area contributed by atoms with Crippen LogP contribution in [0.1, 0.15) is 50.4 Å². The summed E-state index contributed by atoms with van der Waals surface area (Å²) < 4.78 is 0. The van der Waals surface area contributed by atoms with Gasteiger partial charge in [0.15, 0.2) is 0 Å². The number of rotatable bonds is 5. The Morgan fingerprint density at radius 1 is 1.19 bits per heavy atom. The molecule has 0 radical (unpaired) electrons. The Bertz CT molecular complexity index is 506. The zero-order valence-electron chi connectivity index (χ0n) is 14.3. The molecule has 0 spiro atoms. The predicted octanol–water partition coefficient (Wildman–Crippen LogP) is 2.41. The number of nitrogen functional groups attached to an aromatic ring is 1. The van der Waals surface area contributed by atoms with Gasteiger partial charge in [-0.1, -0.05) is 13.8 Å². The molecule has 0 saturated heterocycles. The first kappa shape index (κ1) is 16.0. The van der Waals surface area contributed by atoms with Crippen LogP contribution in [0.3, 0.4) is 0 Å². The van der Waals surface area contributed by atoms with Gasteiger partial charge in [0, 0.05) is 30.6 Å². The van der Waals surface area contributed by atoms with E-state index >= 15 is 0 Å². The molecule has 0 amide bonds. The van der Waals surface area contributed by atoms with Crippen molar-refractivity contribution in [3.8, 4) is 0 Å². The molecule has 0 bridgehead atoms. The predicted molar refractivity (Wildman–Crippen MR) is 88.8 cm³/mol. The molecule has 0 aromatic carbocycles. The van der Waals surface area contributed by atoms with Crippen molar-refractivity contribution in [3.05, 3.63) is 11.4 Å². The van der Waals surface area contributed by atoms with Crippen LogP contribution in [0.4, 0.5) is 11.6 Å². The van der Waals surface area contributed by atoms with Crippen LogP contribution >= 0.6 is 0 Å². The van der Waals surface area contributed by atoms with Crippen LogP contribution < -0.4 is 10.6 Å². The van der Waals surface area contributed by atoms with Crippen LogP contribution in [-0.2, 0) is 0 Å². The molecule has 21 heavy (non-hydrogen) atoms. The first-order valence-electron chi connectivity index (χ1n) is 7.79. The summed E-state index contributed by atoms with van der Waals surface area (Å²) in [4.78, 5) is 13.8. The van der Waals surface area contributed by atoms with Gasteiger partial charge in [0.1, 0.15) is 17.5 Å². The van der Waals surface area contributed by atoms with E-state index in [9.17, 15) is 0 Å². The van der Waals surface area contributed by atoms with E-state index in [0.29, 0.717) is 5.82 Å². The summed E-state index contributed by atoms with van der Waals surface area (Å²) in [5.41, 5.74) is 7.34. The summed E-state index contributed by atoms with van der Waals surface area (Å²) in [6, 6.07) is 0. The molecule has 1 aliphatic rings. The fraction of sp³-hybridized carbons (Fsp3) is 0.750. The first-order chi connectivity index (χ1) is 9.77. The van der Waals surface area contributed by atoms with Gasteiger partial charge in [-0.2, -0.15) is 0 Å². The van der Waals surface area contributed by atoms with Crippen LogP contribution in [0.2, 0.25) is 0 Å². The number of nitrogens with two attached hydrogens (primary N) is 1. The lowest BCUT2D eigenvalue weighted by molar-refractivity contribution is 0.0681. The van der Waals surface area contributed by atoms with Gasteiger partial charge in [0.05, 0.1) is 0 Å². The van der Waals surface area contributed by atoms with Crippen LogP contribution in [-0.4, -0.2) is 48.1 Å². The molecule has 2 N–H and O–H groups in total. The Balaban J connectivity index is 2.28. The van der Waals surface area contributed by atoms with Crippen LogP contribution in [0, 0.1) is 6.92 Å². The van der Waals surface area contributed by atoms with Crippen molar-refractivity contribution in [1.82, 2.24) is 14.9 Å². The Hall–Kier alpha value is -1.36. The number of aromatic nitrogens is 2. The third-order valence-corrected chi connectivity index (χ3v) is 4.82. The Morgan fingerprint density at radius 2 is 1.81 bits per heavy atom. The van der Waals surface area contributed by atoms with E-state index in [0.717, 1.165) is 23.8 Å². The lowest BCUT2D eigenvalue weighted by Gasteiger charge is -2.49. The number of nitrogens with zero attached hydrogens (tertiary/aromatic N) is 4. The van der Waals surface area contributed by atoms with E-state index in [1.54, 1.807) is 0 Å². The van der Waals surface area contributed by atoms with Gasteiger partial charge in [-0.15, -0.1) is 0 Å². The fourth-order valence-electron chi connectivity index (χ4n) is 3.02. The quantitative estimate of drug-likeness (QED) is 0.903. The van der Waals surface area contributed by atoms with E-state index in [1.807, 2.05) is 6.92 Å². The van der Waals surface area contributed by atoms with Gasteiger partial charge in [0.2, 0.25) is 0 Å². The van der Waals surface area contributed by atoms with E-state index in [2.05, 4.69) is 49.8 Å². The molecule has 1 saturated carbocycles. The van der Waals surface area contributed by atoms with Crippen molar-refractivity contribution in [2.45, 2.75) is 51.5 Å². The van der Waals surface area contributed by atoms with Gasteiger partial charge >= 0.3 is 0 Å². The minimum absolute atomic E-state index is 0.277. The Morgan fingerprint density at radius 3 is 2.24 bits per heavy atom. The highest BCUT2D eigenvalue weighted by Crippen LogP contribution is 2.37. The van der Waals surface area contributed by atoms with E-state index in [1.165, 1.54) is 19.3 Å². The first-order valence-corrected chi connectivity index (χ1v) is 7.79. The maximum atomic E-state index is 6.08. The SMILES string of the molecule is Cc1c(N)nc(C(C)C)nc1N(C)CC1(N(C)C)CCC1. The smallest absolute Gasteiger partial charge is 0.137 e. The number of likely N-dealkylation sites (N-methyl/N-ethyl adjacent to an activating group) is 2. The maximum Gasteiger partial charge on any atom is 0.137 e. The Kier molecular flexibility index (Phi) is 4.42. The highest BCUT2D eigenvalue weighted by molar-refractivity contribution is 5.56. The lowest BCUT2D eigenvalue weighted by Crippen LogP contribution is -2.57. The number of anilines is 2. The molecular formula is C16H29N5. The van der Waals surface area contributed by atoms with Gasteiger partial charge in [0.25, 0.3) is 0 Å². The molecule has 1 heterocycles. The van der Waals surface area contributed by atoms with E-state index in [4.69, 9.17) is 10.7 Å². The van der Waals surface area contributed by atoms with E-state index < -0.39 is 0 Å². The summed E-state index contributed by atoms with van der Waals surface area (Å²) in [6.45, 7) is 7.19. The standard InChI is InChI=1S/C16H29N5/c1-11(2)14-18-13(17)12(3)15(19-14)21(6)10-16(20(4)5)8-7-9-16/h11H,7-10H2,1-6H3,(H2,17,18,19). The molecule has 1 aromatic rings. The molecule has 1 fully saturated rings. The second-order valence-electron chi connectivity index (χ2n) is 6.90. The van der Waals surface area contributed by atoms with Crippen LogP contribution in [0.25, 0.3) is 0 Å². The second kappa shape index (κ2) is 5.79. The second-order valence-corrected chi connectivity index (χ2v) is 6.90. The average molecular weight is 291 g/mol. The van der Waals surface area contributed by atoms with Crippen molar-refractivity contribution in [3.63, 3.8) is 0 Å². The monoisotopic (exact) mass is 291 g/mol. The van der Waals surface area contributed by atoms with Gasteiger partial charge in [-0.05, 0) is 40.3 Å². The fourth-order valence-corrected chi connectivity index (χ4v) is 3.02. The van der Waals surface area contributed by atoms with Crippen molar-refractivity contribution in [1.29, 1.82) is 0 Å². The zero-order valence-corrected chi connectivity index (χ0v) is 14.3. The molecule has 5 heteroatoms. The van der Waals surface area contributed by atoms with Crippen molar-refractivity contribution >= 4 is 11.6 Å². The van der Waals surface area contributed by atoms with Crippen molar-refractivity contribution in [2.75, 3.05) is 38.3 Å². The van der Waals surface area contributed by atoms with Gasteiger partial charge in [-0.3, -0.25) is 0 Å². The highest BCUT2D eigenvalue weighted by Gasteiger charge is 2.40. The van der Waals surface area contributed by atoms with E-state index in [-0.39, 0.29) is 11.5 Å². The van der Waals surface area contributed by atoms with Crippen LogP contribution in [0.15, 0.2) is 0 Å². The number of hydrogen-bond donors (Lipinski definition) is 1.